The molecule has 1 heterocycles. The maximum Gasteiger partial charge on any atom is 0.224 e. The number of benzene rings is 1. The van der Waals surface area contributed by atoms with Crippen molar-refractivity contribution in [2.24, 2.45) is 0 Å². The Morgan fingerprint density at radius 3 is 2.50 bits per heavy atom. The molecule has 0 bridgehead atoms. The molecule has 0 atom stereocenters. The quantitative estimate of drug-likeness (QED) is 0.604. The summed E-state index contributed by atoms with van der Waals surface area (Å²) in [6.07, 6.45) is 1.41. The van der Waals surface area contributed by atoms with Gasteiger partial charge in [0.15, 0.2) is 0 Å². The summed E-state index contributed by atoms with van der Waals surface area (Å²) in [6, 6.07) is 4.20. The third-order valence-electron chi connectivity index (χ3n) is 3.31. The first-order valence-electron chi connectivity index (χ1n) is 7.38. The Morgan fingerprint density at radius 1 is 1.23 bits per heavy atom. The largest absolute Gasteiger partial charge is 0.326 e. The molecule has 0 saturated heterocycles. The summed E-state index contributed by atoms with van der Waals surface area (Å²) in [7, 11) is 0. The maximum atomic E-state index is 12.1. The van der Waals surface area contributed by atoms with E-state index in [9.17, 15) is 4.79 Å². The summed E-state index contributed by atoms with van der Waals surface area (Å²) in [5, 5.41) is 5.10. The number of carbonyl (C=O) groups excluding carboxylic acids is 1. The van der Waals surface area contributed by atoms with Crippen molar-refractivity contribution in [1.29, 1.82) is 0 Å². The third kappa shape index (κ3) is 4.85. The minimum absolute atomic E-state index is 0.0889. The monoisotopic (exact) mass is 334 g/mol. The highest BCUT2D eigenvalue weighted by Gasteiger charge is 2.08. The van der Waals surface area contributed by atoms with Crippen molar-refractivity contribution in [2.75, 3.05) is 11.1 Å². The molecule has 0 aliphatic rings. The molecule has 2 rings (SSSR count). The Labute approximate surface area is 140 Å². The lowest BCUT2D eigenvalue weighted by molar-refractivity contribution is -0.116. The van der Waals surface area contributed by atoms with Crippen LogP contribution in [0.1, 0.15) is 35.2 Å². The van der Waals surface area contributed by atoms with E-state index >= 15 is 0 Å². The van der Waals surface area contributed by atoms with Gasteiger partial charge in [0.05, 0.1) is 0 Å². The number of nitrogens with one attached hydrogen (secondary N) is 1. The van der Waals surface area contributed by atoms with Crippen LogP contribution in [0.5, 0.6) is 0 Å². The number of aromatic nitrogens is 1. The average Bonchev–Trinajstić information content (AvgIpc) is 2.84. The number of thioether (sulfide) groups is 1. The predicted molar refractivity (Wildman–Crippen MR) is 96.1 cm³/mol. The Balaban J connectivity index is 1.78. The van der Waals surface area contributed by atoms with E-state index in [4.69, 9.17) is 0 Å². The Hall–Kier alpha value is -1.33. The fourth-order valence-corrected chi connectivity index (χ4v) is 4.23. The van der Waals surface area contributed by atoms with Gasteiger partial charge in [-0.2, -0.15) is 0 Å². The Bertz CT molecular complexity index is 641. The van der Waals surface area contributed by atoms with Crippen molar-refractivity contribution in [2.45, 2.75) is 44.9 Å². The second-order valence-electron chi connectivity index (χ2n) is 5.53. The van der Waals surface area contributed by atoms with Crippen LogP contribution in [0, 0.1) is 27.7 Å². The molecule has 118 valence electrons. The van der Waals surface area contributed by atoms with Crippen molar-refractivity contribution in [1.82, 2.24) is 4.98 Å². The highest BCUT2D eigenvalue weighted by Crippen LogP contribution is 2.24. The van der Waals surface area contributed by atoms with Gasteiger partial charge < -0.3 is 5.32 Å². The first kappa shape index (κ1) is 17.0. The number of hydrogen-bond acceptors (Lipinski definition) is 4. The van der Waals surface area contributed by atoms with E-state index in [1.807, 2.05) is 20.8 Å². The lowest BCUT2D eigenvalue weighted by atomic mass is 10.0. The van der Waals surface area contributed by atoms with Crippen LogP contribution < -0.4 is 5.32 Å². The van der Waals surface area contributed by atoms with Crippen LogP contribution in [0.15, 0.2) is 21.9 Å². The van der Waals surface area contributed by atoms with Gasteiger partial charge in [-0.1, -0.05) is 29.5 Å². The zero-order chi connectivity index (χ0) is 16.1. The van der Waals surface area contributed by atoms with Gasteiger partial charge in [0.25, 0.3) is 0 Å². The number of hydrogen-bond donors (Lipinski definition) is 1. The number of anilines is 1. The van der Waals surface area contributed by atoms with Gasteiger partial charge >= 0.3 is 0 Å². The van der Waals surface area contributed by atoms with E-state index in [0.717, 1.165) is 39.0 Å². The Kier molecular flexibility index (Phi) is 6.03. The van der Waals surface area contributed by atoms with E-state index in [0.29, 0.717) is 6.42 Å². The highest BCUT2D eigenvalue weighted by atomic mass is 32.2. The fraction of sp³-hybridized carbons (Fsp3) is 0.412. The molecule has 22 heavy (non-hydrogen) atoms. The molecule has 1 aromatic carbocycles. The topological polar surface area (TPSA) is 42.0 Å². The van der Waals surface area contributed by atoms with Gasteiger partial charge in [0, 0.05) is 28.9 Å². The molecule has 2 aromatic rings. The van der Waals surface area contributed by atoms with Gasteiger partial charge in [-0.25, -0.2) is 4.98 Å². The van der Waals surface area contributed by atoms with Gasteiger partial charge in [0.1, 0.15) is 4.34 Å². The van der Waals surface area contributed by atoms with Crippen molar-refractivity contribution in [3.63, 3.8) is 0 Å². The summed E-state index contributed by atoms with van der Waals surface area (Å²) in [4.78, 5) is 16.5. The number of nitrogens with zero attached hydrogens (tertiary/aromatic N) is 1. The van der Waals surface area contributed by atoms with Crippen LogP contribution >= 0.6 is 23.1 Å². The third-order valence-corrected chi connectivity index (χ3v) is 5.54. The SMILES string of the molecule is Cc1cc(C)c(NC(=O)CCCSc2nc(C)cs2)c(C)c1. The number of thiazole rings is 1. The second-order valence-corrected chi connectivity index (χ2v) is 7.73. The van der Waals surface area contributed by atoms with Gasteiger partial charge in [-0.15, -0.1) is 11.3 Å². The fourth-order valence-electron chi connectivity index (χ4n) is 2.37. The first-order valence-corrected chi connectivity index (χ1v) is 9.25. The van der Waals surface area contributed by atoms with E-state index in [1.165, 1.54) is 5.56 Å². The summed E-state index contributed by atoms with van der Waals surface area (Å²) >= 11 is 3.39. The van der Waals surface area contributed by atoms with Crippen molar-refractivity contribution in [3.8, 4) is 0 Å². The zero-order valence-electron chi connectivity index (χ0n) is 13.5. The molecule has 0 radical (unpaired) electrons. The van der Waals surface area contributed by atoms with Crippen molar-refractivity contribution >= 4 is 34.7 Å². The summed E-state index contributed by atoms with van der Waals surface area (Å²) in [5.41, 5.74) is 5.49. The standard InChI is InChI=1S/C17H22N2OS2/c1-11-8-12(2)16(13(3)9-11)19-15(20)6-5-7-21-17-18-14(4)10-22-17/h8-10H,5-7H2,1-4H3,(H,19,20). The molecule has 3 nitrogen and oxygen atoms in total. The molecule has 0 aliphatic carbocycles. The smallest absolute Gasteiger partial charge is 0.224 e. The normalized spacial score (nSPS) is 10.7. The molecule has 1 N–H and O–H groups in total. The van der Waals surface area contributed by atoms with Crippen molar-refractivity contribution < 1.29 is 4.79 Å². The lowest BCUT2D eigenvalue weighted by Gasteiger charge is -2.12. The molecular formula is C17H22N2OS2. The van der Waals surface area contributed by atoms with Crippen LogP contribution in [-0.4, -0.2) is 16.6 Å². The number of carbonyl (C=O) groups is 1. The predicted octanol–water partition coefficient (Wildman–Crippen LogP) is 4.89. The number of aryl methyl sites for hydroxylation is 4. The minimum atomic E-state index is 0.0889. The lowest BCUT2D eigenvalue weighted by Crippen LogP contribution is -2.13. The maximum absolute atomic E-state index is 12.1. The van der Waals surface area contributed by atoms with E-state index < -0.39 is 0 Å². The van der Waals surface area contributed by atoms with E-state index in [2.05, 4.69) is 34.7 Å². The summed E-state index contributed by atoms with van der Waals surface area (Å²) < 4.78 is 1.09. The van der Waals surface area contributed by atoms with E-state index in [-0.39, 0.29) is 5.91 Å². The molecule has 1 amide bonds. The summed E-state index contributed by atoms with van der Waals surface area (Å²) in [6.45, 7) is 8.15. The van der Waals surface area contributed by atoms with Crippen molar-refractivity contribution in [3.05, 3.63) is 39.9 Å². The van der Waals surface area contributed by atoms with Gasteiger partial charge in [-0.05, 0) is 45.2 Å². The number of amides is 1. The van der Waals surface area contributed by atoms with Crippen LogP contribution in [0.25, 0.3) is 0 Å². The number of rotatable bonds is 6. The first-order chi connectivity index (χ1) is 10.5. The van der Waals surface area contributed by atoms with Crippen LogP contribution in [-0.2, 0) is 4.79 Å². The van der Waals surface area contributed by atoms with Gasteiger partial charge in [-0.3, -0.25) is 4.79 Å². The van der Waals surface area contributed by atoms with Crippen LogP contribution in [0.3, 0.4) is 0 Å². The summed E-state index contributed by atoms with van der Waals surface area (Å²) in [5.74, 6) is 1.01. The van der Waals surface area contributed by atoms with Crippen LogP contribution in [0.2, 0.25) is 0 Å². The second kappa shape index (κ2) is 7.79. The molecule has 1 aromatic heterocycles. The molecule has 0 aliphatic heterocycles. The van der Waals surface area contributed by atoms with Gasteiger partial charge in [0.2, 0.25) is 5.91 Å². The molecule has 5 heteroatoms. The minimum Gasteiger partial charge on any atom is -0.326 e. The Morgan fingerprint density at radius 2 is 1.91 bits per heavy atom. The molecule has 0 spiro atoms. The molecule has 0 fully saturated rings. The zero-order valence-corrected chi connectivity index (χ0v) is 15.2. The average molecular weight is 335 g/mol. The van der Waals surface area contributed by atoms with E-state index in [1.54, 1.807) is 23.1 Å². The van der Waals surface area contributed by atoms with Crippen LogP contribution in [0.4, 0.5) is 5.69 Å². The highest BCUT2D eigenvalue weighted by molar-refractivity contribution is 8.01. The molecule has 0 unspecified atom stereocenters. The molecular weight excluding hydrogens is 312 g/mol. The molecule has 0 saturated carbocycles.